The van der Waals surface area contributed by atoms with Crippen LogP contribution in [0, 0.1) is 6.92 Å². The minimum Gasteiger partial charge on any atom is -0.493 e. The molecule has 0 fully saturated rings. The second-order valence-corrected chi connectivity index (χ2v) is 7.74. The van der Waals surface area contributed by atoms with Crippen LogP contribution in [0.3, 0.4) is 0 Å². The quantitative estimate of drug-likeness (QED) is 0.551. The summed E-state index contributed by atoms with van der Waals surface area (Å²) in [5.74, 6) is 1.96. The van der Waals surface area contributed by atoms with Crippen molar-refractivity contribution < 1.29 is 9.47 Å². The van der Waals surface area contributed by atoms with Crippen LogP contribution in [0.15, 0.2) is 65.5 Å². The predicted octanol–water partition coefficient (Wildman–Crippen LogP) is 3.96. The Balaban J connectivity index is 1.78. The molecule has 3 aromatic carbocycles. The first-order valence-electron chi connectivity index (χ1n) is 10.2. The summed E-state index contributed by atoms with van der Waals surface area (Å²) in [6.07, 6.45) is 0.491. The molecule has 156 valence electrons. The standard InChI is InChI=1S/C25H23N3O3/c1-15-8-10-16(11-9-15)24-19-14-22(31-3)21(30-2)12-17(19)13-23-26-20-7-5-4-6-18(20)25(29)28(23)27-24/h4-12,14,24,27H,13H2,1-3H3/t24-/m0/s1. The molecule has 1 atom stereocenters. The van der Waals surface area contributed by atoms with Gasteiger partial charge in [0.15, 0.2) is 11.5 Å². The number of benzene rings is 3. The molecule has 6 nitrogen and oxygen atoms in total. The topological polar surface area (TPSA) is 65.4 Å². The monoisotopic (exact) mass is 413 g/mol. The molecule has 5 rings (SSSR count). The number of rotatable bonds is 3. The van der Waals surface area contributed by atoms with E-state index in [0.717, 1.165) is 16.7 Å². The maximum Gasteiger partial charge on any atom is 0.279 e. The van der Waals surface area contributed by atoms with E-state index in [1.165, 1.54) is 5.56 Å². The number of hydrogen-bond donors (Lipinski definition) is 1. The van der Waals surface area contributed by atoms with Gasteiger partial charge in [-0.25, -0.2) is 9.66 Å². The van der Waals surface area contributed by atoms with E-state index in [0.29, 0.717) is 34.6 Å². The highest BCUT2D eigenvalue weighted by Crippen LogP contribution is 2.38. The van der Waals surface area contributed by atoms with Gasteiger partial charge in [0.25, 0.3) is 5.56 Å². The predicted molar refractivity (Wildman–Crippen MR) is 121 cm³/mol. The molecular formula is C25H23N3O3. The van der Waals surface area contributed by atoms with Gasteiger partial charge < -0.3 is 14.9 Å². The number of hydrogen-bond acceptors (Lipinski definition) is 5. The zero-order valence-electron chi connectivity index (χ0n) is 17.7. The SMILES string of the molecule is COc1cc2c(cc1OC)[C@H](c1ccc(C)cc1)Nn1c(nc3ccccc3c1=O)C2. The summed E-state index contributed by atoms with van der Waals surface area (Å²) in [6.45, 7) is 2.06. The van der Waals surface area contributed by atoms with Gasteiger partial charge in [-0.1, -0.05) is 42.0 Å². The molecule has 0 unspecified atom stereocenters. The van der Waals surface area contributed by atoms with Crippen molar-refractivity contribution in [2.75, 3.05) is 19.6 Å². The van der Waals surface area contributed by atoms with Gasteiger partial charge in [0.1, 0.15) is 5.82 Å². The Labute approximate surface area is 180 Å². The number of aromatic nitrogens is 2. The van der Waals surface area contributed by atoms with Gasteiger partial charge in [0.2, 0.25) is 0 Å². The minimum absolute atomic E-state index is 0.107. The van der Waals surface area contributed by atoms with E-state index in [-0.39, 0.29) is 11.6 Å². The molecule has 0 radical (unpaired) electrons. The first kappa shape index (κ1) is 19.2. The van der Waals surface area contributed by atoms with Crippen LogP contribution in [0.2, 0.25) is 0 Å². The van der Waals surface area contributed by atoms with Crippen molar-refractivity contribution in [2.24, 2.45) is 0 Å². The Kier molecular flexibility index (Phi) is 4.62. The van der Waals surface area contributed by atoms with Crippen molar-refractivity contribution in [3.63, 3.8) is 0 Å². The Bertz CT molecular complexity index is 1340. The van der Waals surface area contributed by atoms with Crippen molar-refractivity contribution in [1.82, 2.24) is 9.66 Å². The number of nitrogens with zero attached hydrogens (tertiary/aromatic N) is 2. The molecule has 0 saturated carbocycles. The molecule has 2 heterocycles. The summed E-state index contributed by atoms with van der Waals surface area (Å²) in [4.78, 5) is 18.2. The van der Waals surface area contributed by atoms with Gasteiger partial charge in [0, 0.05) is 6.42 Å². The van der Waals surface area contributed by atoms with Gasteiger partial charge in [0.05, 0.1) is 31.2 Å². The van der Waals surface area contributed by atoms with E-state index in [4.69, 9.17) is 14.5 Å². The molecule has 31 heavy (non-hydrogen) atoms. The fourth-order valence-corrected chi connectivity index (χ4v) is 4.17. The smallest absolute Gasteiger partial charge is 0.279 e. The summed E-state index contributed by atoms with van der Waals surface area (Å²) in [5.41, 5.74) is 8.31. The van der Waals surface area contributed by atoms with Crippen LogP contribution >= 0.6 is 0 Å². The molecule has 0 saturated heterocycles. The molecule has 1 aliphatic heterocycles. The molecule has 1 aliphatic rings. The van der Waals surface area contributed by atoms with Crippen LogP contribution in [-0.2, 0) is 6.42 Å². The van der Waals surface area contributed by atoms with E-state index in [2.05, 4.69) is 36.6 Å². The molecule has 1 aromatic heterocycles. The van der Waals surface area contributed by atoms with Crippen LogP contribution in [0.5, 0.6) is 11.5 Å². The van der Waals surface area contributed by atoms with E-state index >= 15 is 0 Å². The average Bonchev–Trinajstić information content (AvgIpc) is 2.95. The average molecular weight is 413 g/mol. The Hall–Kier alpha value is -3.80. The molecule has 0 amide bonds. The van der Waals surface area contributed by atoms with Gasteiger partial charge in [-0.3, -0.25) is 4.79 Å². The lowest BCUT2D eigenvalue weighted by Crippen LogP contribution is -2.34. The summed E-state index contributed by atoms with van der Waals surface area (Å²) >= 11 is 0. The summed E-state index contributed by atoms with van der Waals surface area (Å²) in [7, 11) is 3.25. The van der Waals surface area contributed by atoms with Crippen LogP contribution < -0.4 is 20.5 Å². The number of aryl methyl sites for hydroxylation is 1. The van der Waals surface area contributed by atoms with E-state index in [9.17, 15) is 4.79 Å². The first-order valence-corrected chi connectivity index (χ1v) is 10.2. The molecule has 1 N–H and O–H groups in total. The zero-order valence-corrected chi connectivity index (χ0v) is 17.7. The van der Waals surface area contributed by atoms with E-state index in [1.807, 2.05) is 36.4 Å². The van der Waals surface area contributed by atoms with E-state index in [1.54, 1.807) is 18.9 Å². The van der Waals surface area contributed by atoms with Gasteiger partial charge >= 0.3 is 0 Å². The van der Waals surface area contributed by atoms with Gasteiger partial charge in [-0.2, -0.15) is 0 Å². The number of methoxy groups -OCH3 is 2. The molecule has 4 aromatic rings. The molecule has 0 aliphatic carbocycles. The lowest BCUT2D eigenvalue weighted by Gasteiger charge is -2.23. The summed E-state index contributed by atoms with van der Waals surface area (Å²) < 4.78 is 12.7. The van der Waals surface area contributed by atoms with Gasteiger partial charge in [-0.15, -0.1) is 0 Å². The third kappa shape index (κ3) is 3.20. The third-order valence-electron chi connectivity index (χ3n) is 5.82. The first-order chi connectivity index (χ1) is 15.1. The fourth-order valence-electron chi connectivity index (χ4n) is 4.17. The Morgan fingerprint density at radius 2 is 1.71 bits per heavy atom. The van der Waals surface area contributed by atoms with Crippen molar-refractivity contribution in [2.45, 2.75) is 19.4 Å². The van der Waals surface area contributed by atoms with Gasteiger partial charge in [-0.05, 0) is 47.9 Å². The summed E-state index contributed by atoms with van der Waals surface area (Å²) in [5, 5.41) is 0.586. The lowest BCUT2D eigenvalue weighted by atomic mass is 9.92. The lowest BCUT2D eigenvalue weighted by molar-refractivity contribution is 0.354. The number of fused-ring (bicyclic) bond motifs is 3. The maximum atomic E-state index is 13.4. The Morgan fingerprint density at radius 3 is 2.45 bits per heavy atom. The van der Waals surface area contributed by atoms with Crippen molar-refractivity contribution >= 4 is 10.9 Å². The molecule has 6 heteroatoms. The fraction of sp³-hybridized carbons (Fsp3) is 0.200. The van der Waals surface area contributed by atoms with Crippen molar-refractivity contribution in [3.05, 3.63) is 99.1 Å². The Morgan fingerprint density at radius 1 is 1.00 bits per heavy atom. The van der Waals surface area contributed by atoms with Crippen LogP contribution in [0.4, 0.5) is 0 Å². The maximum absolute atomic E-state index is 13.4. The number of nitrogens with one attached hydrogen (secondary N) is 1. The van der Waals surface area contributed by atoms with Crippen molar-refractivity contribution in [1.29, 1.82) is 0 Å². The second kappa shape index (κ2) is 7.47. The number of para-hydroxylation sites is 1. The zero-order chi connectivity index (χ0) is 21.5. The molecular weight excluding hydrogens is 390 g/mol. The normalized spacial score (nSPS) is 14.9. The molecule has 0 bridgehead atoms. The van der Waals surface area contributed by atoms with E-state index < -0.39 is 0 Å². The highest BCUT2D eigenvalue weighted by molar-refractivity contribution is 5.77. The van der Waals surface area contributed by atoms with Crippen LogP contribution in [0.1, 0.15) is 34.1 Å². The highest BCUT2D eigenvalue weighted by atomic mass is 16.5. The van der Waals surface area contributed by atoms with Crippen molar-refractivity contribution in [3.8, 4) is 11.5 Å². The van der Waals surface area contributed by atoms with Crippen LogP contribution in [0.25, 0.3) is 10.9 Å². The number of ether oxygens (including phenoxy) is 2. The second-order valence-electron chi connectivity index (χ2n) is 7.74. The minimum atomic E-state index is -0.252. The highest BCUT2D eigenvalue weighted by Gasteiger charge is 2.27. The molecule has 0 spiro atoms. The summed E-state index contributed by atoms with van der Waals surface area (Å²) in [6, 6.07) is 19.5. The van der Waals surface area contributed by atoms with Crippen LogP contribution in [-0.4, -0.2) is 23.9 Å². The third-order valence-corrected chi connectivity index (χ3v) is 5.82. The largest absolute Gasteiger partial charge is 0.493 e.